The number of primary amides is 1. The van der Waals surface area contributed by atoms with Gasteiger partial charge in [-0.25, -0.2) is 4.39 Å². The summed E-state index contributed by atoms with van der Waals surface area (Å²) >= 11 is 1.29. The fourth-order valence-corrected chi connectivity index (χ4v) is 1.80. The summed E-state index contributed by atoms with van der Waals surface area (Å²) in [6.07, 6.45) is 0.258. The van der Waals surface area contributed by atoms with Crippen LogP contribution in [0.2, 0.25) is 0 Å². The number of anilines is 1. The molecule has 6 heteroatoms. The molecule has 1 aromatic rings. The SMILES string of the molecule is NC(=O)CSCCC(=O)Nc1cccc(F)c1. The van der Waals surface area contributed by atoms with Crippen molar-refractivity contribution in [1.82, 2.24) is 0 Å². The van der Waals surface area contributed by atoms with Crippen LogP contribution in [0.3, 0.4) is 0 Å². The molecule has 1 rings (SSSR count). The molecule has 17 heavy (non-hydrogen) atoms. The number of rotatable bonds is 6. The lowest BCUT2D eigenvalue weighted by Crippen LogP contribution is -2.15. The molecule has 0 aliphatic rings. The van der Waals surface area contributed by atoms with Crippen molar-refractivity contribution in [2.75, 3.05) is 16.8 Å². The van der Waals surface area contributed by atoms with Gasteiger partial charge in [0, 0.05) is 17.9 Å². The Morgan fingerprint density at radius 1 is 1.41 bits per heavy atom. The first-order valence-corrected chi connectivity index (χ1v) is 6.15. The molecule has 2 amide bonds. The van der Waals surface area contributed by atoms with Gasteiger partial charge in [-0.15, -0.1) is 0 Å². The van der Waals surface area contributed by atoms with Crippen LogP contribution < -0.4 is 11.1 Å². The van der Waals surface area contributed by atoms with Crippen molar-refractivity contribution in [2.45, 2.75) is 6.42 Å². The van der Waals surface area contributed by atoms with E-state index in [-0.39, 0.29) is 18.1 Å². The van der Waals surface area contributed by atoms with Gasteiger partial charge in [0.2, 0.25) is 11.8 Å². The summed E-state index contributed by atoms with van der Waals surface area (Å²) < 4.78 is 12.8. The van der Waals surface area contributed by atoms with Crippen LogP contribution in [0.25, 0.3) is 0 Å². The molecule has 0 spiro atoms. The summed E-state index contributed by atoms with van der Waals surface area (Å²) in [6, 6.07) is 5.68. The number of carbonyl (C=O) groups excluding carboxylic acids is 2. The average Bonchev–Trinajstić information content (AvgIpc) is 2.24. The summed E-state index contributed by atoms with van der Waals surface area (Å²) in [7, 11) is 0. The van der Waals surface area contributed by atoms with Crippen LogP contribution in [0.1, 0.15) is 6.42 Å². The summed E-state index contributed by atoms with van der Waals surface area (Å²) in [4.78, 5) is 21.8. The molecule has 0 aromatic heterocycles. The third-order valence-corrected chi connectivity index (χ3v) is 2.81. The molecule has 0 radical (unpaired) electrons. The summed E-state index contributed by atoms with van der Waals surface area (Å²) in [5.74, 6) is -0.309. The van der Waals surface area contributed by atoms with Gasteiger partial charge in [0.1, 0.15) is 5.82 Å². The van der Waals surface area contributed by atoms with Crippen LogP contribution in [-0.2, 0) is 9.59 Å². The summed E-state index contributed by atoms with van der Waals surface area (Å²) in [6.45, 7) is 0. The number of amides is 2. The van der Waals surface area contributed by atoms with Crippen molar-refractivity contribution in [3.8, 4) is 0 Å². The van der Waals surface area contributed by atoms with Gasteiger partial charge >= 0.3 is 0 Å². The largest absolute Gasteiger partial charge is 0.369 e. The van der Waals surface area contributed by atoms with E-state index in [2.05, 4.69) is 5.32 Å². The van der Waals surface area contributed by atoms with Crippen molar-refractivity contribution in [1.29, 1.82) is 0 Å². The van der Waals surface area contributed by atoms with Crippen LogP contribution in [0.5, 0.6) is 0 Å². The van der Waals surface area contributed by atoms with Crippen molar-refractivity contribution in [3.05, 3.63) is 30.1 Å². The van der Waals surface area contributed by atoms with E-state index in [1.165, 1.54) is 30.0 Å². The van der Waals surface area contributed by atoms with E-state index >= 15 is 0 Å². The lowest BCUT2D eigenvalue weighted by atomic mass is 10.3. The highest BCUT2D eigenvalue weighted by Crippen LogP contribution is 2.10. The highest BCUT2D eigenvalue weighted by Gasteiger charge is 2.03. The van der Waals surface area contributed by atoms with Crippen LogP contribution in [0.15, 0.2) is 24.3 Å². The first kappa shape index (κ1) is 13.5. The van der Waals surface area contributed by atoms with E-state index in [1.54, 1.807) is 6.07 Å². The van der Waals surface area contributed by atoms with E-state index < -0.39 is 11.7 Å². The molecule has 0 atom stereocenters. The normalized spacial score (nSPS) is 9.94. The Hall–Kier alpha value is -1.56. The number of nitrogens with one attached hydrogen (secondary N) is 1. The van der Waals surface area contributed by atoms with Crippen LogP contribution in [0, 0.1) is 5.82 Å². The second kappa shape index (κ2) is 6.90. The van der Waals surface area contributed by atoms with Gasteiger partial charge in [0.25, 0.3) is 0 Å². The number of benzene rings is 1. The minimum Gasteiger partial charge on any atom is -0.369 e. The third kappa shape index (κ3) is 5.91. The fraction of sp³-hybridized carbons (Fsp3) is 0.273. The first-order valence-electron chi connectivity index (χ1n) is 4.99. The number of carbonyl (C=O) groups is 2. The van der Waals surface area contributed by atoms with Gasteiger partial charge in [-0.3, -0.25) is 9.59 Å². The predicted octanol–water partition coefficient (Wildman–Crippen LogP) is 1.37. The van der Waals surface area contributed by atoms with E-state index in [0.717, 1.165) is 0 Å². The highest BCUT2D eigenvalue weighted by atomic mass is 32.2. The maximum Gasteiger partial charge on any atom is 0.227 e. The van der Waals surface area contributed by atoms with Gasteiger partial charge in [0.05, 0.1) is 5.75 Å². The predicted molar refractivity (Wildman–Crippen MR) is 66.2 cm³/mol. The number of nitrogens with two attached hydrogens (primary N) is 1. The molecule has 0 unspecified atom stereocenters. The molecule has 0 bridgehead atoms. The van der Waals surface area contributed by atoms with Crippen LogP contribution >= 0.6 is 11.8 Å². The highest BCUT2D eigenvalue weighted by molar-refractivity contribution is 7.99. The van der Waals surface area contributed by atoms with Crippen molar-refractivity contribution >= 4 is 29.3 Å². The average molecular weight is 256 g/mol. The number of hydrogen-bond donors (Lipinski definition) is 2. The Morgan fingerprint density at radius 2 is 2.18 bits per heavy atom. The monoisotopic (exact) mass is 256 g/mol. The van der Waals surface area contributed by atoms with Gasteiger partial charge in [-0.2, -0.15) is 11.8 Å². The van der Waals surface area contributed by atoms with Gasteiger partial charge in [-0.1, -0.05) is 6.07 Å². The smallest absolute Gasteiger partial charge is 0.227 e. The lowest BCUT2D eigenvalue weighted by molar-refractivity contribution is -0.116. The van der Waals surface area contributed by atoms with E-state index in [0.29, 0.717) is 11.4 Å². The molecule has 4 nitrogen and oxygen atoms in total. The van der Waals surface area contributed by atoms with Crippen LogP contribution in [-0.4, -0.2) is 23.3 Å². The Bertz CT molecular complexity index is 412. The van der Waals surface area contributed by atoms with Crippen molar-refractivity contribution in [3.63, 3.8) is 0 Å². The fourth-order valence-electron chi connectivity index (χ4n) is 1.13. The Labute approximate surface area is 103 Å². The molecule has 0 aliphatic carbocycles. The first-order chi connectivity index (χ1) is 8.08. The summed E-state index contributed by atoms with van der Waals surface area (Å²) in [5, 5.41) is 2.56. The maximum atomic E-state index is 12.8. The van der Waals surface area contributed by atoms with Crippen molar-refractivity contribution in [2.24, 2.45) is 5.73 Å². The van der Waals surface area contributed by atoms with Gasteiger partial charge < -0.3 is 11.1 Å². The number of hydrogen-bond acceptors (Lipinski definition) is 3. The van der Waals surface area contributed by atoms with E-state index in [1.807, 2.05) is 0 Å². The third-order valence-electron chi connectivity index (χ3n) is 1.83. The Kier molecular flexibility index (Phi) is 5.48. The zero-order valence-corrected chi connectivity index (χ0v) is 9.93. The topological polar surface area (TPSA) is 72.2 Å². The zero-order chi connectivity index (χ0) is 12.7. The molecular weight excluding hydrogens is 243 g/mol. The minimum atomic E-state index is -0.402. The number of halogens is 1. The second-order valence-corrected chi connectivity index (χ2v) is 4.43. The molecule has 1 aromatic carbocycles. The molecule has 0 heterocycles. The molecular formula is C11H13FN2O2S. The standard InChI is InChI=1S/C11H13FN2O2S/c12-8-2-1-3-9(6-8)14-11(16)4-5-17-7-10(13)15/h1-3,6H,4-5,7H2,(H2,13,15)(H,14,16). The van der Waals surface area contributed by atoms with Gasteiger partial charge in [0.15, 0.2) is 0 Å². The molecule has 0 saturated heterocycles. The summed E-state index contributed by atoms with van der Waals surface area (Å²) in [5.41, 5.74) is 5.37. The van der Waals surface area contributed by atoms with E-state index in [4.69, 9.17) is 5.73 Å². The maximum absolute atomic E-state index is 12.8. The lowest BCUT2D eigenvalue weighted by Gasteiger charge is -2.04. The molecule has 0 aliphatic heterocycles. The minimum absolute atomic E-state index is 0.202. The molecule has 0 fully saturated rings. The van der Waals surface area contributed by atoms with Crippen molar-refractivity contribution < 1.29 is 14.0 Å². The van der Waals surface area contributed by atoms with Crippen LogP contribution in [0.4, 0.5) is 10.1 Å². The Balaban J connectivity index is 2.27. The molecule has 3 N–H and O–H groups in total. The molecule has 92 valence electrons. The molecule has 0 saturated carbocycles. The van der Waals surface area contributed by atoms with E-state index in [9.17, 15) is 14.0 Å². The quantitative estimate of drug-likeness (QED) is 0.755. The number of thioether (sulfide) groups is 1. The Morgan fingerprint density at radius 3 is 2.82 bits per heavy atom. The van der Waals surface area contributed by atoms with Gasteiger partial charge in [-0.05, 0) is 18.2 Å². The second-order valence-electron chi connectivity index (χ2n) is 3.33. The zero-order valence-electron chi connectivity index (χ0n) is 9.11.